The average molecular weight is 427 g/mol. The van der Waals surface area contributed by atoms with Crippen LogP contribution in [0.25, 0.3) is 22.3 Å². The molecule has 162 valence electrons. The first-order chi connectivity index (χ1) is 15.4. The van der Waals surface area contributed by atoms with Gasteiger partial charge in [0.1, 0.15) is 17.1 Å². The van der Waals surface area contributed by atoms with Crippen LogP contribution >= 0.6 is 0 Å². The highest BCUT2D eigenvalue weighted by Crippen LogP contribution is 2.27. The molecule has 0 spiro atoms. The number of hydrogen-bond acceptors (Lipinski definition) is 4. The highest BCUT2D eigenvalue weighted by molar-refractivity contribution is 5.72. The zero-order valence-electron chi connectivity index (χ0n) is 18.5. The SMILES string of the molecule is CC(C)(C)OC(=O)N1C=CC(Oc2ccc(-c3cncc(-c4ccccc4)c3)cc2)=CC1. The van der Waals surface area contributed by atoms with Crippen LogP contribution in [0.15, 0.2) is 97.2 Å². The molecular formula is C27H26N2O3. The first kappa shape index (κ1) is 21.4. The molecule has 1 amide bonds. The van der Waals surface area contributed by atoms with E-state index in [0.717, 1.165) is 28.0 Å². The third-order valence-electron chi connectivity index (χ3n) is 4.80. The summed E-state index contributed by atoms with van der Waals surface area (Å²) in [6, 6.07) is 20.2. The van der Waals surface area contributed by atoms with Gasteiger partial charge in [-0.25, -0.2) is 4.79 Å². The average Bonchev–Trinajstić information content (AvgIpc) is 2.80. The fourth-order valence-corrected chi connectivity index (χ4v) is 3.25. The Morgan fingerprint density at radius 3 is 2.16 bits per heavy atom. The molecule has 0 saturated carbocycles. The molecule has 0 radical (unpaired) electrons. The Morgan fingerprint density at radius 1 is 0.906 bits per heavy atom. The molecule has 0 atom stereocenters. The van der Waals surface area contributed by atoms with Crippen molar-refractivity contribution in [3.8, 4) is 28.0 Å². The van der Waals surface area contributed by atoms with E-state index in [9.17, 15) is 4.79 Å². The first-order valence-electron chi connectivity index (χ1n) is 10.5. The van der Waals surface area contributed by atoms with E-state index >= 15 is 0 Å². The maximum absolute atomic E-state index is 12.1. The molecule has 2 heterocycles. The van der Waals surface area contributed by atoms with Gasteiger partial charge in [-0.05, 0) is 62.2 Å². The van der Waals surface area contributed by atoms with E-state index in [0.29, 0.717) is 12.3 Å². The highest BCUT2D eigenvalue weighted by Gasteiger charge is 2.21. The number of allylic oxidation sites excluding steroid dienone is 1. The monoisotopic (exact) mass is 426 g/mol. The fourth-order valence-electron chi connectivity index (χ4n) is 3.25. The van der Waals surface area contributed by atoms with E-state index in [4.69, 9.17) is 9.47 Å². The standard InChI is InChI=1S/C27H26N2O3/c1-27(2,3)32-26(30)29-15-13-25(14-16-29)31-24-11-9-21(10-12-24)23-17-22(18-28-19-23)20-7-5-4-6-8-20/h4-15,17-19H,16H2,1-3H3. The maximum atomic E-state index is 12.1. The van der Waals surface area contributed by atoms with Gasteiger partial charge in [0.15, 0.2) is 0 Å². The third-order valence-corrected chi connectivity index (χ3v) is 4.80. The van der Waals surface area contributed by atoms with Gasteiger partial charge in [0.2, 0.25) is 0 Å². The topological polar surface area (TPSA) is 51.7 Å². The summed E-state index contributed by atoms with van der Waals surface area (Å²) in [5, 5.41) is 0. The Kier molecular flexibility index (Phi) is 6.08. The number of ether oxygens (including phenoxy) is 2. The van der Waals surface area contributed by atoms with Crippen LogP contribution in [0.3, 0.4) is 0 Å². The van der Waals surface area contributed by atoms with Gasteiger partial charge in [-0.1, -0.05) is 42.5 Å². The van der Waals surface area contributed by atoms with Crippen molar-refractivity contribution < 1.29 is 14.3 Å². The van der Waals surface area contributed by atoms with Crippen molar-refractivity contribution in [3.63, 3.8) is 0 Å². The number of hydrogen-bond donors (Lipinski definition) is 0. The van der Waals surface area contributed by atoms with Gasteiger partial charge in [0.05, 0.1) is 6.54 Å². The zero-order valence-corrected chi connectivity index (χ0v) is 18.5. The summed E-state index contributed by atoms with van der Waals surface area (Å²) in [5.74, 6) is 1.41. The molecule has 0 aliphatic carbocycles. The van der Waals surface area contributed by atoms with Crippen LogP contribution < -0.4 is 4.74 Å². The lowest BCUT2D eigenvalue weighted by atomic mass is 10.0. The summed E-state index contributed by atoms with van der Waals surface area (Å²) >= 11 is 0. The Labute approximate surface area is 188 Å². The van der Waals surface area contributed by atoms with E-state index in [-0.39, 0.29) is 6.09 Å². The van der Waals surface area contributed by atoms with E-state index in [1.165, 1.54) is 4.90 Å². The van der Waals surface area contributed by atoms with Crippen molar-refractivity contribution in [2.45, 2.75) is 26.4 Å². The maximum Gasteiger partial charge on any atom is 0.414 e. The van der Waals surface area contributed by atoms with Gasteiger partial charge in [0, 0.05) is 29.7 Å². The number of aromatic nitrogens is 1. The molecule has 32 heavy (non-hydrogen) atoms. The molecule has 0 fully saturated rings. The predicted octanol–water partition coefficient (Wildman–Crippen LogP) is 6.44. The second-order valence-corrected chi connectivity index (χ2v) is 8.51. The molecule has 1 aliphatic heterocycles. The van der Waals surface area contributed by atoms with E-state index < -0.39 is 5.60 Å². The van der Waals surface area contributed by atoms with Crippen LogP contribution in [0.5, 0.6) is 5.75 Å². The number of nitrogens with zero attached hydrogens (tertiary/aromatic N) is 2. The van der Waals surface area contributed by atoms with Crippen molar-refractivity contribution in [1.29, 1.82) is 0 Å². The second kappa shape index (κ2) is 9.10. The molecule has 3 aromatic rings. The van der Waals surface area contributed by atoms with Crippen molar-refractivity contribution in [2.75, 3.05) is 6.54 Å². The molecule has 5 heteroatoms. The molecule has 2 aromatic carbocycles. The fraction of sp³-hybridized carbons (Fsp3) is 0.185. The number of amides is 1. The normalized spacial score (nSPS) is 13.5. The molecule has 0 unspecified atom stereocenters. The molecule has 0 saturated heterocycles. The minimum atomic E-state index is -0.525. The lowest BCUT2D eigenvalue weighted by molar-refractivity contribution is 0.0348. The van der Waals surface area contributed by atoms with Gasteiger partial charge in [-0.2, -0.15) is 0 Å². The van der Waals surface area contributed by atoms with Crippen molar-refractivity contribution in [1.82, 2.24) is 9.88 Å². The van der Waals surface area contributed by atoms with Crippen molar-refractivity contribution in [2.24, 2.45) is 0 Å². The zero-order chi connectivity index (χ0) is 22.6. The van der Waals surface area contributed by atoms with Gasteiger partial charge in [-0.15, -0.1) is 0 Å². The lowest BCUT2D eigenvalue weighted by Crippen LogP contribution is -2.34. The Bertz CT molecular complexity index is 1140. The third kappa shape index (κ3) is 5.43. The number of rotatable bonds is 4. The Morgan fingerprint density at radius 2 is 1.56 bits per heavy atom. The molecular weight excluding hydrogens is 400 g/mol. The molecule has 5 nitrogen and oxygen atoms in total. The van der Waals surface area contributed by atoms with Crippen LogP contribution in [-0.4, -0.2) is 28.1 Å². The largest absolute Gasteiger partial charge is 0.458 e. The van der Waals surface area contributed by atoms with E-state index in [1.807, 2.05) is 81.7 Å². The molecule has 0 N–H and O–H groups in total. The van der Waals surface area contributed by atoms with Gasteiger partial charge in [0.25, 0.3) is 0 Å². The minimum Gasteiger partial charge on any atom is -0.458 e. The second-order valence-electron chi connectivity index (χ2n) is 8.51. The smallest absolute Gasteiger partial charge is 0.414 e. The quantitative estimate of drug-likeness (QED) is 0.481. The molecule has 1 aliphatic rings. The Balaban J connectivity index is 1.40. The van der Waals surface area contributed by atoms with Gasteiger partial charge in [-0.3, -0.25) is 9.88 Å². The van der Waals surface area contributed by atoms with Crippen LogP contribution in [-0.2, 0) is 4.74 Å². The van der Waals surface area contributed by atoms with E-state index in [1.54, 1.807) is 12.3 Å². The molecule has 4 rings (SSSR count). The number of pyridine rings is 1. The summed E-state index contributed by atoms with van der Waals surface area (Å²) in [6.07, 6.45) is 8.65. The highest BCUT2D eigenvalue weighted by atomic mass is 16.6. The van der Waals surface area contributed by atoms with Crippen LogP contribution in [0.1, 0.15) is 20.8 Å². The summed E-state index contributed by atoms with van der Waals surface area (Å²) < 4.78 is 11.3. The summed E-state index contributed by atoms with van der Waals surface area (Å²) in [6.45, 7) is 5.94. The minimum absolute atomic E-state index is 0.375. The molecule has 0 bridgehead atoms. The van der Waals surface area contributed by atoms with Crippen LogP contribution in [0, 0.1) is 0 Å². The summed E-state index contributed by atoms with van der Waals surface area (Å²) in [7, 11) is 0. The first-order valence-corrected chi connectivity index (χ1v) is 10.5. The number of benzene rings is 2. The number of carbonyl (C=O) groups excluding carboxylic acids is 1. The van der Waals surface area contributed by atoms with Gasteiger partial charge >= 0.3 is 6.09 Å². The predicted molar refractivity (Wildman–Crippen MR) is 126 cm³/mol. The number of carbonyl (C=O) groups is 1. The molecule has 1 aromatic heterocycles. The lowest BCUT2D eigenvalue weighted by Gasteiger charge is -2.26. The van der Waals surface area contributed by atoms with Gasteiger partial charge < -0.3 is 9.47 Å². The summed E-state index contributed by atoms with van der Waals surface area (Å²) in [5.41, 5.74) is 3.80. The van der Waals surface area contributed by atoms with E-state index in [2.05, 4.69) is 23.2 Å². The van der Waals surface area contributed by atoms with Crippen LogP contribution in [0.4, 0.5) is 4.79 Å². The van der Waals surface area contributed by atoms with Crippen LogP contribution in [0.2, 0.25) is 0 Å². The summed E-state index contributed by atoms with van der Waals surface area (Å²) in [4.78, 5) is 18.1. The van der Waals surface area contributed by atoms with Crippen molar-refractivity contribution in [3.05, 3.63) is 97.2 Å². The van der Waals surface area contributed by atoms with Crippen molar-refractivity contribution >= 4 is 6.09 Å². The Hall–Kier alpha value is -3.86.